The molecular weight excluding hydrogens is 290 g/mol. The molecule has 0 saturated carbocycles. The first kappa shape index (κ1) is 15.8. The van der Waals surface area contributed by atoms with Crippen molar-refractivity contribution in [1.29, 1.82) is 0 Å². The smallest absolute Gasteiger partial charge is 0.257 e. The predicted octanol–water partition coefficient (Wildman–Crippen LogP) is 2.57. The summed E-state index contributed by atoms with van der Waals surface area (Å²) in [5.41, 5.74) is 4.93. The second kappa shape index (κ2) is 6.18. The number of likely N-dealkylation sites (tertiary alicyclic amines) is 1. The number of hydrogen-bond donors (Lipinski definition) is 1. The Kier molecular flexibility index (Phi) is 4.24. The Morgan fingerprint density at radius 1 is 1.39 bits per heavy atom. The number of nitrogens with zero attached hydrogens (tertiary/aromatic N) is 4. The molecule has 1 saturated heterocycles. The van der Waals surface area contributed by atoms with E-state index in [1.54, 1.807) is 0 Å². The summed E-state index contributed by atoms with van der Waals surface area (Å²) in [7, 11) is 0. The minimum atomic E-state index is 0.113. The lowest BCUT2D eigenvalue weighted by Gasteiger charge is -2.17. The first-order valence-corrected chi connectivity index (χ1v) is 8.36. The number of aryl methyl sites for hydroxylation is 3. The van der Waals surface area contributed by atoms with Crippen molar-refractivity contribution in [3.8, 4) is 0 Å². The second-order valence-electron chi connectivity index (χ2n) is 6.47. The second-order valence-corrected chi connectivity index (χ2v) is 6.47. The topological polar surface area (TPSA) is 66.8 Å². The minimum Gasteiger partial charge on any atom is -0.338 e. The van der Waals surface area contributed by atoms with Crippen molar-refractivity contribution < 1.29 is 4.79 Å². The summed E-state index contributed by atoms with van der Waals surface area (Å²) in [5.74, 6) is 0.467. The maximum Gasteiger partial charge on any atom is 0.257 e. The molecule has 1 N–H and O–H groups in total. The highest BCUT2D eigenvalue weighted by Crippen LogP contribution is 2.29. The van der Waals surface area contributed by atoms with Crippen molar-refractivity contribution in [2.45, 2.75) is 53.0 Å². The third-order valence-corrected chi connectivity index (χ3v) is 4.78. The zero-order chi connectivity index (χ0) is 16.6. The van der Waals surface area contributed by atoms with Crippen LogP contribution < -0.4 is 0 Å². The molecule has 124 valence electrons. The molecule has 1 aliphatic rings. The number of amides is 1. The number of carbonyl (C=O) groups excluding carboxylic acids is 1. The molecule has 1 amide bonds. The molecule has 2 aromatic heterocycles. The summed E-state index contributed by atoms with van der Waals surface area (Å²) in [4.78, 5) is 14.9. The number of hydrogen-bond acceptors (Lipinski definition) is 3. The normalized spacial score (nSPS) is 17.9. The lowest BCUT2D eigenvalue weighted by atomic mass is 10.0. The van der Waals surface area contributed by atoms with Gasteiger partial charge in [-0.3, -0.25) is 14.6 Å². The predicted molar refractivity (Wildman–Crippen MR) is 88.6 cm³/mol. The molecule has 1 unspecified atom stereocenters. The number of aromatic amines is 1. The quantitative estimate of drug-likeness (QED) is 0.943. The summed E-state index contributed by atoms with van der Waals surface area (Å²) in [5, 5.41) is 11.7. The Labute approximate surface area is 136 Å². The van der Waals surface area contributed by atoms with E-state index in [0.717, 1.165) is 55.1 Å². The molecule has 3 rings (SSSR count). The van der Waals surface area contributed by atoms with Crippen LogP contribution in [0.15, 0.2) is 6.20 Å². The van der Waals surface area contributed by atoms with E-state index in [4.69, 9.17) is 0 Å². The highest BCUT2D eigenvalue weighted by Gasteiger charge is 2.32. The Hall–Kier alpha value is -2.11. The summed E-state index contributed by atoms with van der Waals surface area (Å²) >= 11 is 0. The van der Waals surface area contributed by atoms with Crippen LogP contribution in [0.1, 0.15) is 58.7 Å². The third-order valence-electron chi connectivity index (χ3n) is 4.78. The van der Waals surface area contributed by atoms with Crippen LogP contribution in [0.3, 0.4) is 0 Å². The van der Waals surface area contributed by atoms with Gasteiger partial charge in [-0.1, -0.05) is 6.92 Å². The van der Waals surface area contributed by atoms with Crippen molar-refractivity contribution in [2.75, 3.05) is 13.1 Å². The third kappa shape index (κ3) is 2.78. The molecule has 0 aliphatic carbocycles. The van der Waals surface area contributed by atoms with Gasteiger partial charge in [-0.15, -0.1) is 0 Å². The Morgan fingerprint density at radius 2 is 2.17 bits per heavy atom. The zero-order valence-electron chi connectivity index (χ0n) is 14.4. The van der Waals surface area contributed by atoms with E-state index in [1.807, 2.05) is 29.6 Å². The first-order valence-electron chi connectivity index (χ1n) is 8.36. The van der Waals surface area contributed by atoms with Gasteiger partial charge >= 0.3 is 0 Å². The molecule has 1 aliphatic heterocycles. The van der Waals surface area contributed by atoms with E-state index >= 15 is 0 Å². The van der Waals surface area contributed by atoms with Crippen molar-refractivity contribution in [1.82, 2.24) is 24.9 Å². The van der Waals surface area contributed by atoms with Crippen LogP contribution >= 0.6 is 0 Å². The summed E-state index contributed by atoms with van der Waals surface area (Å²) in [6.07, 6.45) is 3.85. The van der Waals surface area contributed by atoms with Gasteiger partial charge in [0.1, 0.15) is 0 Å². The highest BCUT2D eigenvalue weighted by atomic mass is 16.2. The van der Waals surface area contributed by atoms with Gasteiger partial charge < -0.3 is 4.90 Å². The SMILES string of the molecule is CCCn1nc(C)c(C(=O)N2CCC(c3[nH]ncc3C)C2)c1C. The van der Waals surface area contributed by atoms with Gasteiger partial charge in [-0.25, -0.2) is 0 Å². The van der Waals surface area contributed by atoms with E-state index in [9.17, 15) is 4.79 Å². The summed E-state index contributed by atoms with van der Waals surface area (Å²) in [6.45, 7) is 10.5. The van der Waals surface area contributed by atoms with Gasteiger partial charge in [0.2, 0.25) is 0 Å². The molecule has 1 fully saturated rings. The van der Waals surface area contributed by atoms with Crippen LogP contribution in [0.2, 0.25) is 0 Å². The van der Waals surface area contributed by atoms with Crippen LogP contribution in [0.25, 0.3) is 0 Å². The number of nitrogens with one attached hydrogen (secondary N) is 1. The van der Waals surface area contributed by atoms with Crippen LogP contribution in [0.4, 0.5) is 0 Å². The molecule has 2 aromatic rings. The number of aromatic nitrogens is 4. The van der Waals surface area contributed by atoms with Crippen molar-refractivity contribution in [2.24, 2.45) is 0 Å². The lowest BCUT2D eigenvalue weighted by molar-refractivity contribution is 0.0789. The highest BCUT2D eigenvalue weighted by molar-refractivity contribution is 5.96. The van der Waals surface area contributed by atoms with Crippen LogP contribution in [-0.2, 0) is 6.54 Å². The van der Waals surface area contributed by atoms with Crippen LogP contribution in [0.5, 0.6) is 0 Å². The summed E-state index contributed by atoms with van der Waals surface area (Å²) in [6, 6.07) is 0. The fourth-order valence-corrected chi connectivity index (χ4v) is 3.54. The van der Waals surface area contributed by atoms with Gasteiger partial charge in [0.05, 0.1) is 17.5 Å². The van der Waals surface area contributed by atoms with Gasteiger partial charge in [0, 0.05) is 36.9 Å². The fourth-order valence-electron chi connectivity index (χ4n) is 3.54. The lowest BCUT2D eigenvalue weighted by Crippen LogP contribution is -2.29. The van der Waals surface area contributed by atoms with Crippen molar-refractivity contribution in [3.05, 3.63) is 34.4 Å². The number of carbonyl (C=O) groups is 1. The van der Waals surface area contributed by atoms with Gasteiger partial charge in [0.15, 0.2) is 0 Å². The Morgan fingerprint density at radius 3 is 2.83 bits per heavy atom. The van der Waals surface area contributed by atoms with Crippen molar-refractivity contribution >= 4 is 5.91 Å². The molecule has 0 aromatic carbocycles. The standard InChI is InChI=1S/C17H25N5O/c1-5-7-22-13(4)15(12(3)20-22)17(23)21-8-6-14(10-21)16-11(2)9-18-19-16/h9,14H,5-8,10H2,1-4H3,(H,18,19). The maximum absolute atomic E-state index is 13.0. The first-order chi connectivity index (χ1) is 11.0. The van der Waals surface area contributed by atoms with E-state index < -0.39 is 0 Å². The van der Waals surface area contributed by atoms with Crippen LogP contribution in [-0.4, -0.2) is 43.9 Å². The molecule has 0 spiro atoms. The van der Waals surface area contributed by atoms with E-state index in [2.05, 4.69) is 29.1 Å². The monoisotopic (exact) mass is 315 g/mol. The zero-order valence-corrected chi connectivity index (χ0v) is 14.4. The number of H-pyrrole nitrogens is 1. The Balaban J connectivity index is 1.79. The Bertz CT molecular complexity index is 715. The van der Waals surface area contributed by atoms with Gasteiger partial charge in [-0.2, -0.15) is 10.2 Å². The average Bonchev–Trinajstić information content (AvgIpc) is 3.20. The molecule has 0 bridgehead atoms. The molecule has 0 radical (unpaired) electrons. The average molecular weight is 315 g/mol. The van der Waals surface area contributed by atoms with E-state index in [1.165, 1.54) is 5.56 Å². The van der Waals surface area contributed by atoms with E-state index in [-0.39, 0.29) is 5.91 Å². The molecular formula is C17H25N5O. The van der Waals surface area contributed by atoms with Crippen LogP contribution in [0, 0.1) is 20.8 Å². The molecule has 3 heterocycles. The summed E-state index contributed by atoms with van der Waals surface area (Å²) < 4.78 is 1.95. The van der Waals surface area contributed by atoms with Crippen molar-refractivity contribution in [3.63, 3.8) is 0 Å². The molecule has 6 nitrogen and oxygen atoms in total. The van der Waals surface area contributed by atoms with Gasteiger partial charge in [0.25, 0.3) is 5.91 Å². The molecule has 6 heteroatoms. The van der Waals surface area contributed by atoms with E-state index in [0.29, 0.717) is 5.92 Å². The fraction of sp³-hybridized carbons (Fsp3) is 0.588. The molecule has 1 atom stereocenters. The largest absolute Gasteiger partial charge is 0.338 e. The number of rotatable bonds is 4. The minimum absolute atomic E-state index is 0.113. The molecule has 23 heavy (non-hydrogen) atoms. The maximum atomic E-state index is 13.0. The van der Waals surface area contributed by atoms with Gasteiger partial charge in [-0.05, 0) is 39.2 Å².